The highest BCUT2D eigenvalue weighted by atomic mass is 79.9. The fourth-order valence-electron chi connectivity index (χ4n) is 4.15. The molecule has 2 aliphatic rings. The smallest absolute Gasteiger partial charge is 0.252 e. The largest absolute Gasteiger partial charge is 0.486 e. The molecule has 10 heteroatoms. The van der Waals surface area contributed by atoms with Crippen molar-refractivity contribution in [2.75, 3.05) is 26.4 Å². The van der Waals surface area contributed by atoms with Crippen LogP contribution in [-0.4, -0.2) is 50.2 Å². The molecule has 0 spiro atoms. The first-order valence-electron chi connectivity index (χ1n) is 10.7. The summed E-state index contributed by atoms with van der Waals surface area (Å²) in [6.07, 6.45) is 1.45. The molecule has 1 N–H and O–H groups in total. The van der Waals surface area contributed by atoms with Gasteiger partial charge in [0.05, 0.1) is 16.5 Å². The van der Waals surface area contributed by atoms with Crippen LogP contribution in [0.3, 0.4) is 0 Å². The average Bonchev–Trinajstić information content (AvgIpc) is 3.31. The molecule has 0 radical (unpaired) electrons. The fourth-order valence-corrected chi connectivity index (χ4v) is 6.56. The second-order valence-corrected chi connectivity index (χ2v) is 10.8. The van der Waals surface area contributed by atoms with Crippen molar-refractivity contribution in [3.63, 3.8) is 0 Å². The summed E-state index contributed by atoms with van der Waals surface area (Å²) in [6, 6.07) is 11.9. The van der Waals surface area contributed by atoms with Crippen molar-refractivity contribution >= 4 is 36.9 Å². The molecule has 1 saturated heterocycles. The molecule has 8 nitrogen and oxygen atoms in total. The van der Waals surface area contributed by atoms with Gasteiger partial charge in [0, 0.05) is 41.2 Å². The molecule has 0 bridgehead atoms. The van der Waals surface area contributed by atoms with Gasteiger partial charge in [0.1, 0.15) is 13.2 Å². The van der Waals surface area contributed by atoms with Gasteiger partial charge in [-0.05, 0) is 53.0 Å². The number of halogens is 1. The maximum Gasteiger partial charge on any atom is 0.252 e. The molecule has 0 unspecified atom stereocenters. The predicted molar refractivity (Wildman–Crippen MR) is 126 cm³/mol. The van der Waals surface area contributed by atoms with E-state index in [-0.39, 0.29) is 29.6 Å². The number of H-pyrrole nitrogens is 1. The van der Waals surface area contributed by atoms with Crippen molar-refractivity contribution in [3.05, 3.63) is 62.9 Å². The highest BCUT2D eigenvalue weighted by Gasteiger charge is 2.31. The predicted octanol–water partition coefficient (Wildman–Crippen LogP) is 3.43. The van der Waals surface area contributed by atoms with Crippen molar-refractivity contribution in [1.82, 2.24) is 9.29 Å². The third kappa shape index (κ3) is 4.52. The minimum atomic E-state index is -3.89. The molecular formula is C23H23BrN2O6S. The lowest BCUT2D eigenvalue weighted by atomic mass is 10.1. The molecule has 1 aromatic heterocycles. The van der Waals surface area contributed by atoms with Crippen LogP contribution in [0, 0.1) is 0 Å². The van der Waals surface area contributed by atoms with Gasteiger partial charge in [0.15, 0.2) is 11.5 Å². The first-order valence-corrected chi connectivity index (χ1v) is 13.0. The summed E-state index contributed by atoms with van der Waals surface area (Å²) in [5, 5.41) is 0.740. The number of ether oxygens (including phenoxy) is 3. The first-order chi connectivity index (χ1) is 15.9. The van der Waals surface area contributed by atoms with Crippen molar-refractivity contribution in [1.29, 1.82) is 0 Å². The molecular weight excluding hydrogens is 512 g/mol. The van der Waals surface area contributed by atoms with E-state index >= 15 is 0 Å². The number of sulfonamides is 1. The Bertz CT molecular complexity index is 1350. The van der Waals surface area contributed by atoms with Gasteiger partial charge in [-0.2, -0.15) is 4.31 Å². The quantitative estimate of drug-likeness (QED) is 0.520. The van der Waals surface area contributed by atoms with Crippen LogP contribution in [0.2, 0.25) is 0 Å². The van der Waals surface area contributed by atoms with Crippen LogP contribution in [-0.2, 0) is 21.3 Å². The van der Waals surface area contributed by atoms with E-state index in [0.29, 0.717) is 46.9 Å². The van der Waals surface area contributed by atoms with Crippen molar-refractivity contribution in [2.24, 2.45) is 0 Å². The standard InChI is InChI=1S/C23H23BrN2O6S/c24-18-5-1-2-6-22(18)33(28,29)26(14-17-4-3-7-30-17)13-16-10-15-11-20-21(32-9-8-31-20)12-19(15)25-23(16)27/h1-2,5-6,10-12,17H,3-4,7-9,13-14H2,(H,25,27)/t17-/m0/s1. The molecule has 3 heterocycles. The Morgan fingerprint density at radius 3 is 2.55 bits per heavy atom. The highest BCUT2D eigenvalue weighted by molar-refractivity contribution is 9.10. The Kier molecular flexibility index (Phi) is 6.17. The number of hydrogen-bond donors (Lipinski definition) is 1. The van der Waals surface area contributed by atoms with Gasteiger partial charge in [0.25, 0.3) is 5.56 Å². The van der Waals surface area contributed by atoms with Crippen LogP contribution in [0.1, 0.15) is 18.4 Å². The molecule has 2 aromatic carbocycles. The van der Waals surface area contributed by atoms with Crippen molar-refractivity contribution in [2.45, 2.75) is 30.4 Å². The van der Waals surface area contributed by atoms with Crippen molar-refractivity contribution in [3.8, 4) is 11.5 Å². The lowest BCUT2D eigenvalue weighted by Crippen LogP contribution is -2.38. The van der Waals surface area contributed by atoms with E-state index in [1.165, 1.54) is 4.31 Å². The fraction of sp³-hybridized carbons (Fsp3) is 0.348. The maximum atomic E-state index is 13.6. The number of fused-ring (bicyclic) bond motifs is 2. The summed E-state index contributed by atoms with van der Waals surface area (Å²) in [7, 11) is -3.89. The number of rotatable bonds is 6. The Morgan fingerprint density at radius 1 is 1.06 bits per heavy atom. The Hall–Kier alpha value is -2.40. The number of benzene rings is 2. The molecule has 5 rings (SSSR count). The molecule has 33 heavy (non-hydrogen) atoms. The van der Waals surface area contributed by atoms with E-state index in [1.807, 2.05) is 0 Å². The third-order valence-corrected chi connectivity index (χ3v) is 8.64. The third-order valence-electron chi connectivity index (χ3n) is 5.82. The minimum absolute atomic E-state index is 0.0801. The minimum Gasteiger partial charge on any atom is -0.486 e. The molecule has 0 amide bonds. The summed E-state index contributed by atoms with van der Waals surface area (Å²) in [5.41, 5.74) is 0.596. The molecule has 174 valence electrons. The maximum absolute atomic E-state index is 13.6. The number of nitrogens with one attached hydrogen (secondary N) is 1. The summed E-state index contributed by atoms with van der Waals surface area (Å²) in [4.78, 5) is 15.9. The average molecular weight is 535 g/mol. The zero-order valence-electron chi connectivity index (χ0n) is 17.8. The molecule has 1 atom stereocenters. The van der Waals surface area contributed by atoms with Gasteiger partial charge in [-0.3, -0.25) is 4.79 Å². The van der Waals surface area contributed by atoms with E-state index in [0.717, 1.165) is 18.2 Å². The van der Waals surface area contributed by atoms with Crippen LogP contribution in [0.5, 0.6) is 11.5 Å². The second-order valence-electron chi connectivity index (χ2n) is 8.07. The Labute approximate surface area is 199 Å². The SMILES string of the molecule is O=c1[nH]c2cc3c(cc2cc1CN(C[C@@H]1CCCO1)S(=O)(=O)c1ccccc1Br)OCCO3. The Balaban J connectivity index is 1.54. The normalized spacial score (nSPS) is 18.2. The molecule has 1 fully saturated rings. The van der Waals surface area contributed by atoms with E-state index < -0.39 is 10.0 Å². The number of nitrogens with zero attached hydrogens (tertiary/aromatic N) is 1. The summed E-state index contributed by atoms with van der Waals surface area (Å²) < 4.78 is 46.0. The van der Waals surface area contributed by atoms with Crippen LogP contribution >= 0.6 is 15.9 Å². The number of aromatic nitrogens is 1. The topological polar surface area (TPSA) is 97.9 Å². The highest BCUT2D eigenvalue weighted by Crippen LogP contribution is 2.34. The second kappa shape index (κ2) is 9.09. The molecule has 0 aliphatic carbocycles. The number of pyridine rings is 1. The van der Waals surface area contributed by atoms with Crippen LogP contribution in [0.25, 0.3) is 10.9 Å². The van der Waals surface area contributed by atoms with Gasteiger partial charge in [-0.1, -0.05) is 12.1 Å². The van der Waals surface area contributed by atoms with Gasteiger partial charge in [-0.15, -0.1) is 0 Å². The van der Waals surface area contributed by atoms with E-state index in [4.69, 9.17) is 14.2 Å². The first kappa shape index (κ1) is 22.4. The summed E-state index contributed by atoms with van der Waals surface area (Å²) >= 11 is 3.35. The summed E-state index contributed by atoms with van der Waals surface area (Å²) in [5.74, 6) is 1.18. The van der Waals surface area contributed by atoms with E-state index in [9.17, 15) is 13.2 Å². The zero-order valence-corrected chi connectivity index (χ0v) is 20.2. The van der Waals surface area contributed by atoms with Crippen molar-refractivity contribution < 1.29 is 22.6 Å². The van der Waals surface area contributed by atoms with Gasteiger partial charge >= 0.3 is 0 Å². The lowest BCUT2D eigenvalue weighted by molar-refractivity contribution is 0.0925. The van der Waals surface area contributed by atoms with Gasteiger partial charge in [-0.25, -0.2) is 8.42 Å². The van der Waals surface area contributed by atoms with Gasteiger partial charge < -0.3 is 19.2 Å². The van der Waals surface area contributed by atoms with E-state index in [1.54, 1.807) is 42.5 Å². The summed E-state index contributed by atoms with van der Waals surface area (Å²) in [6.45, 7) is 1.60. The zero-order chi connectivity index (χ0) is 23.0. The van der Waals surface area contributed by atoms with E-state index in [2.05, 4.69) is 20.9 Å². The van der Waals surface area contributed by atoms with Gasteiger partial charge in [0.2, 0.25) is 10.0 Å². The number of hydrogen-bond acceptors (Lipinski definition) is 6. The molecule has 3 aromatic rings. The Morgan fingerprint density at radius 2 is 1.82 bits per heavy atom. The van der Waals surface area contributed by atoms with Crippen LogP contribution < -0.4 is 15.0 Å². The molecule has 0 saturated carbocycles. The number of aromatic amines is 1. The van der Waals surface area contributed by atoms with Crippen LogP contribution in [0.4, 0.5) is 0 Å². The monoisotopic (exact) mass is 534 g/mol. The lowest BCUT2D eigenvalue weighted by Gasteiger charge is -2.25. The van der Waals surface area contributed by atoms with Crippen LogP contribution in [0.15, 0.2) is 56.6 Å². The molecule has 2 aliphatic heterocycles.